The van der Waals surface area contributed by atoms with Gasteiger partial charge in [0.1, 0.15) is 11.8 Å². The fraction of sp³-hybridized carbons (Fsp3) is 0.333. The van der Waals surface area contributed by atoms with Crippen molar-refractivity contribution in [2.75, 3.05) is 13.2 Å². The maximum absolute atomic E-state index is 6.24. The summed E-state index contributed by atoms with van der Waals surface area (Å²) in [6.07, 6.45) is 0.403. The van der Waals surface area contributed by atoms with Crippen molar-refractivity contribution in [3.8, 4) is 11.5 Å². The average molecular weight is 305 g/mol. The van der Waals surface area contributed by atoms with Gasteiger partial charge in [0.05, 0.1) is 18.9 Å². The molecular formula is C15H13ClN2O3. The summed E-state index contributed by atoms with van der Waals surface area (Å²) in [6, 6.07) is 7.57. The van der Waals surface area contributed by atoms with E-state index in [1.165, 1.54) is 0 Å². The number of para-hydroxylation sites is 2. The zero-order valence-electron chi connectivity index (χ0n) is 11.2. The van der Waals surface area contributed by atoms with Crippen LogP contribution in [0.5, 0.6) is 11.5 Å². The van der Waals surface area contributed by atoms with Gasteiger partial charge in [-0.3, -0.25) is 0 Å². The lowest BCUT2D eigenvalue weighted by molar-refractivity contribution is 0.0829. The van der Waals surface area contributed by atoms with Crippen molar-refractivity contribution < 1.29 is 14.2 Å². The third-order valence-electron chi connectivity index (χ3n) is 3.59. The number of rotatable bonds is 1. The first-order chi connectivity index (χ1) is 10.3. The molecule has 0 saturated heterocycles. The molecule has 4 rings (SSSR count). The van der Waals surface area contributed by atoms with Gasteiger partial charge < -0.3 is 14.2 Å². The zero-order chi connectivity index (χ0) is 14.2. The Morgan fingerprint density at radius 3 is 2.90 bits per heavy atom. The van der Waals surface area contributed by atoms with Gasteiger partial charge in [-0.1, -0.05) is 23.7 Å². The predicted molar refractivity (Wildman–Crippen MR) is 75.7 cm³/mol. The molecule has 21 heavy (non-hydrogen) atoms. The second-order valence-corrected chi connectivity index (χ2v) is 5.32. The van der Waals surface area contributed by atoms with Crippen molar-refractivity contribution in [3.05, 3.63) is 46.5 Å². The van der Waals surface area contributed by atoms with Crippen molar-refractivity contribution in [3.63, 3.8) is 0 Å². The molecule has 0 N–H and O–H groups in total. The maximum Gasteiger partial charge on any atom is 0.192 e. The first kappa shape index (κ1) is 12.9. The van der Waals surface area contributed by atoms with Crippen LogP contribution in [0, 0.1) is 0 Å². The first-order valence-corrected chi connectivity index (χ1v) is 7.20. The summed E-state index contributed by atoms with van der Waals surface area (Å²) >= 11 is 6.24. The molecule has 0 bridgehead atoms. The fourth-order valence-electron chi connectivity index (χ4n) is 2.50. The Morgan fingerprint density at radius 2 is 2.00 bits per heavy atom. The Labute approximate surface area is 126 Å². The van der Waals surface area contributed by atoms with E-state index in [9.17, 15) is 0 Å². The number of nitrogens with zero attached hydrogens (tertiary/aromatic N) is 2. The average Bonchev–Trinajstić information content (AvgIpc) is 2.54. The van der Waals surface area contributed by atoms with Crippen LogP contribution in [0.3, 0.4) is 0 Å². The molecule has 1 aromatic carbocycles. The second kappa shape index (κ2) is 5.16. The monoisotopic (exact) mass is 304 g/mol. The zero-order valence-corrected chi connectivity index (χ0v) is 12.0. The van der Waals surface area contributed by atoms with E-state index in [1.54, 1.807) is 0 Å². The van der Waals surface area contributed by atoms with Gasteiger partial charge in [0.25, 0.3) is 0 Å². The Hall–Kier alpha value is -1.85. The molecule has 0 fully saturated rings. The molecule has 6 heteroatoms. The van der Waals surface area contributed by atoms with E-state index in [0.29, 0.717) is 36.5 Å². The van der Waals surface area contributed by atoms with E-state index in [-0.39, 0.29) is 6.10 Å². The smallest absolute Gasteiger partial charge is 0.192 e. The minimum atomic E-state index is -0.342. The van der Waals surface area contributed by atoms with Gasteiger partial charge in [-0.15, -0.1) is 0 Å². The predicted octanol–water partition coefficient (Wildman–Crippen LogP) is 2.72. The molecule has 0 saturated carbocycles. The highest BCUT2D eigenvalue weighted by atomic mass is 35.5. The topological polar surface area (TPSA) is 53.5 Å². The molecule has 3 heterocycles. The third-order valence-corrected chi connectivity index (χ3v) is 3.90. The lowest BCUT2D eigenvalue weighted by atomic mass is 10.1. The molecule has 5 nitrogen and oxygen atoms in total. The van der Waals surface area contributed by atoms with Crippen molar-refractivity contribution in [1.82, 2.24) is 9.97 Å². The molecule has 2 aliphatic rings. The number of ether oxygens (including phenoxy) is 3. The van der Waals surface area contributed by atoms with Crippen LogP contribution >= 0.6 is 11.6 Å². The third kappa shape index (κ3) is 2.32. The Balaban J connectivity index is 1.67. The van der Waals surface area contributed by atoms with Gasteiger partial charge in [0, 0.05) is 12.0 Å². The van der Waals surface area contributed by atoms with Gasteiger partial charge in [0.15, 0.2) is 23.4 Å². The van der Waals surface area contributed by atoms with E-state index in [1.807, 2.05) is 24.3 Å². The summed E-state index contributed by atoms with van der Waals surface area (Å²) in [5, 5.41) is 0.442. The maximum atomic E-state index is 6.24. The second-order valence-electron chi connectivity index (χ2n) is 4.96. The summed E-state index contributed by atoms with van der Waals surface area (Å²) in [5.74, 6) is 2.01. The fourth-order valence-corrected chi connectivity index (χ4v) is 2.75. The minimum absolute atomic E-state index is 0.342. The van der Waals surface area contributed by atoms with Crippen LogP contribution in [0.15, 0.2) is 24.3 Å². The van der Waals surface area contributed by atoms with Crippen LogP contribution in [0.25, 0.3) is 0 Å². The van der Waals surface area contributed by atoms with Crippen molar-refractivity contribution in [2.24, 2.45) is 0 Å². The molecule has 0 amide bonds. The molecule has 0 radical (unpaired) electrons. The lowest BCUT2D eigenvalue weighted by Gasteiger charge is -2.26. The van der Waals surface area contributed by atoms with Crippen LogP contribution in [-0.2, 0) is 17.8 Å². The van der Waals surface area contributed by atoms with Gasteiger partial charge in [-0.05, 0) is 12.1 Å². The molecule has 0 aliphatic carbocycles. The molecule has 2 aromatic rings. The quantitative estimate of drug-likeness (QED) is 0.758. The van der Waals surface area contributed by atoms with E-state index in [0.717, 1.165) is 23.4 Å². The summed E-state index contributed by atoms with van der Waals surface area (Å²) < 4.78 is 17.0. The molecular weight excluding hydrogens is 292 g/mol. The standard InChI is InChI=1S/C15H13ClN2O3/c16-14-9-7-19-6-5-10(9)17-15(18-14)13-8-20-11-3-1-2-4-12(11)21-13/h1-4,13H,5-8H2. The van der Waals surface area contributed by atoms with Gasteiger partial charge in [-0.25, -0.2) is 9.97 Å². The minimum Gasteiger partial charge on any atom is -0.485 e. The highest BCUT2D eigenvalue weighted by Gasteiger charge is 2.27. The number of aromatic nitrogens is 2. The van der Waals surface area contributed by atoms with Crippen LogP contribution < -0.4 is 9.47 Å². The number of hydrogen-bond acceptors (Lipinski definition) is 5. The van der Waals surface area contributed by atoms with Crippen LogP contribution in [-0.4, -0.2) is 23.2 Å². The number of hydrogen-bond donors (Lipinski definition) is 0. The molecule has 1 atom stereocenters. The van der Waals surface area contributed by atoms with E-state index in [4.69, 9.17) is 25.8 Å². The van der Waals surface area contributed by atoms with E-state index >= 15 is 0 Å². The van der Waals surface area contributed by atoms with Crippen molar-refractivity contribution in [2.45, 2.75) is 19.1 Å². The van der Waals surface area contributed by atoms with Crippen molar-refractivity contribution >= 4 is 11.6 Å². The molecule has 0 spiro atoms. The molecule has 1 unspecified atom stereocenters. The summed E-state index contributed by atoms with van der Waals surface area (Å²) in [4.78, 5) is 8.94. The largest absolute Gasteiger partial charge is 0.485 e. The van der Waals surface area contributed by atoms with Crippen LogP contribution in [0.4, 0.5) is 0 Å². The van der Waals surface area contributed by atoms with E-state index < -0.39 is 0 Å². The number of benzene rings is 1. The van der Waals surface area contributed by atoms with E-state index in [2.05, 4.69) is 9.97 Å². The summed E-state index contributed by atoms with van der Waals surface area (Å²) in [6.45, 7) is 1.51. The molecule has 1 aromatic heterocycles. The van der Waals surface area contributed by atoms with Gasteiger partial charge >= 0.3 is 0 Å². The van der Waals surface area contributed by atoms with Crippen LogP contribution in [0.2, 0.25) is 5.15 Å². The lowest BCUT2D eigenvalue weighted by Crippen LogP contribution is -2.25. The number of fused-ring (bicyclic) bond motifs is 2. The normalized spacial score (nSPS) is 20.0. The summed E-state index contributed by atoms with van der Waals surface area (Å²) in [7, 11) is 0. The summed E-state index contributed by atoms with van der Waals surface area (Å²) in [5.41, 5.74) is 1.82. The highest BCUT2D eigenvalue weighted by molar-refractivity contribution is 6.30. The highest BCUT2D eigenvalue weighted by Crippen LogP contribution is 2.35. The van der Waals surface area contributed by atoms with Crippen LogP contribution in [0.1, 0.15) is 23.2 Å². The first-order valence-electron chi connectivity index (χ1n) is 6.82. The Bertz CT molecular complexity index is 693. The van der Waals surface area contributed by atoms with Gasteiger partial charge in [0.2, 0.25) is 0 Å². The number of halogens is 1. The van der Waals surface area contributed by atoms with Crippen molar-refractivity contribution in [1.29, 1.82) is 0 Å². The Morgan fingerprint density at radius 1 is 1.14 bits per heavy atom. The SMILES string of the molecule is Clc1nc(C2COc3ccccc3O2)nc2c1COCC2. The molecule has 108 valence electrons. The Kier molecular flexibility index (Phi) is 3.16. The van der Waals surface area contributed by atoms with Gasteiger partial charge in [-0.2, -0.15) is 0 Å². The molecule has 2 aliphatic heterocycles.